The fourth-order valence-corrected chi connectivity index (χ4v) is 2.85. The van der Waals surface area contributed by atoms with Gasteiger partial charge in [-0.2, -0.15) is 5.26 Å². The van der Waals surface area contributed by atoms with Crippen molar-refractivity contribution in [3.8, 4) is 11.8 Å². The fourth-order valence-electron chi connectivity index (χ4n) is 2.57. The van der Waals surface area contributed by atoms with Crippen molar-refractivity contribution in [2.24, 2.45) is 0 Å². The molecule has 0 saturated heterocycles. The number of aromatic nitrogens is 1. The van der Waals surface area contributed by atoms with Gasteiger partial charge in [-0.1, -0.05) is 17.7 Å². The van der Waals surface area contributed by atoms with Gasteiger partial charge in [0.15, 0.2) is 6.29 Å². The number of aldehydes is 1. The number of carbonyl (C=O) groups excluding carboxylic acids is 1. The number of rotatable bonds is 5. The van der Waals surface area contributed by atoms with Crippen molar-refractivity contribution in [1.29, 1.82) is 5.26 Å². The molecule has 1 heterocycles. The van der Waals surface area contributed by atoms with E-state index in [1.165, 1.54) is 6.20 Å². The van der Waals surface area contributed by atoms with Crippen molar-refractivity contribution < 1.29 is 9.53 Å². The van der Waals surface area contributed by atoms with E-state index in [0.717, 1.165) is 17.2 Å². The maximum atomic E-state index is 11.4. The number of carbonyl (C=O) groups is 1. The summed E-state index contributed by atoms with van der Waals surface area (Å²) in [5.41, 5.74) is 3.23. The summed E-state index contributed by atoms with van der Waals surface area (Å²) in [6.07, 6.45) is 2.26. The van der Waals surface area contributed by atoms with Crippen LogP contribution in [-0.2, 0) is 6.54 Å². The van der Waals surface area contributed by atoms with Crippen molar-refractivity contribution in [3.63, 3.8) is 0 Å². The third-order valence-corrected chi connectivity index (χ3v) is 4.13. The average molecular weight is 352 g/mol. The van der Waals surface area contributed by atoms with Crippen LogP contribution >= 0.6 is 11.6 Å². The van der Waals surface area contributed by atoms with Gasteiger partial charge in [-0.25, -0.2) is 0 Å². The lowest BCUT2D eigenvalue weighted by Crippen LogP contribution is -2.04. The molecule has 5 nitrogen and oxygen atoms in total. The van der Waals surface area contributed by atoms with Crippen molar-refractivity contribution in [2.45, 2.75) is 6.54 Å². The summed E-state index contributed by atoms with van der Waals surface area (Å²) in [6, 6.07) is 12.8. The molecule has 0 bridgehead atoms. The monoisotopic (exact) mass is 351 g/mol. The third-order valence-electron chi connectivity index (χ3n) is 3.84. The number of methoxy groups -OCH3 is 1. The van der Waals surface area contributed by atoms with E-state index in [0.29, 0.717) is 39.6 Å². The third kappa shape index (κ3) is 3.39. The van der Waals surface area contributed by atoms with Gasteiger partial charge >= 0.3 is 0 Å². The number of hydrogen-bond donors (Lipinski definition) is 1. The number of nitrogens with zero attached hydrogens (tertiary/aromatic N) is 2. The number of benzene rings is 2. The molecule has 6 heteroatoms. The Kier molecular flexibility index (Phi) is 4.82. The highest BCUT2D eigenvalue weighted by Crippen LogP contribution is 2.28. The van der Waals surface area contributed by atoms with Crippen molar-refractivity contribution >= 4 is 34.5 Å². The fraction of sp³-hybridized carbons (Fsp3) is 0.105. The molecule has 0 saturated carbocycles. The SMILES string of the molecule is COc1ccc(CNc2c(C=O)cnc3ccc(C#N)cc23)cc1Cl. The van der Waals surface area contributed by atoms with Gasteiger partial charge in [0.1, 0.15) is 5.75 Å². The minimum atomic E-state index is 0.433. The highest BCUT2D eigenvalue weighted by atomic mass is 35.5. The molecule has 0 aliphatic heterocycles. The first-order valence-corrected chi connectivity index (χ1v) is 7.88. The number of nitriles is 1. The molecule has 1 aromatic heterocycles. The predicted octanol–water partition coefficient (Wildman–Crippen LogP) is 4.19. The van der Waals surface area contributed by atoms with Crippen LogP contribution in [0.4, 0.5) is 5.69 Å². The summed E-state index contributed by atoms with van der Waals surface area (Å²) in [5.74, 6) is 0.604. The summed E-state index contributed by atoms with van der Waals surface area (Å²) in [6.45, 7) is 0.459. The first-order chi connectivity index (χ1) is 12.2. The molecule has 0 aliphatic carbocycles. The van der Waals surface area contributed by atoms with E-state index in [4.69, 9.17) is 21.6 Å². The Hall–Kier alpha value is -3.10. The molecule has 25 heavy (non-hydrogen) atoms. The normalized spacial score (nSPS) is 10.3. The lowest BCUT2D eigenvalue weighted by molar-refractivity contribution is 0.112. The number of nitrogens with one attached hydrogen (secondary N) is 1. The summed E-state index contributed by atoms with van der Waals surface area (Å²) in [7, 11) is 1.56. The predicted molar refractivity (Wildman–Crippen MR) is 97.2 cm³/mol. The molecule has 3 aromatic rings. The second-order valence-electron chi connectivity index (χ2n) is 5.37. The van der Waals surface area contributed by atoms with Crippen LogP contribution in [0, 0.1) is 11.3 Å². The Morgan fingerprint density at radius 3 is 2.84 bits per heavy atom. The second-order valence-corrected chi connectivity index (χ2v) is 5.78. The summed E-state index contributed by atoms with van der Waals surface area (Å²) in [4.78, 5) is 15.7. The minimum Gasteiger partial charge on any atom is -0.495 e. The maximum Gasteiger partial charge on any atom is 0.153 e. The Morgan fingerprint density at radius 2 is 2.16 bits per heavy atom. The van der Waals surface area contributed by atoms with Crippen LogP contribution in [0.1, 0.15) is 21.5 Å². The van der Waals surface area contributed by atoms with Gasteiger partial charge in [0.2, 0.25) is 0 Å². The largest absolute Gasteiger partial charge is 0.495 e. The Balaban J connectivity index is 1.98. The highest BCUT2D eigenvalue weighted by molar-refractivity contribution is 6.32. The molecular weight excluding hydrogens is 338 g/mol. The second kappa shape index (κ2) is 7.20. The van der Waals surface area contributed by atoms with Gasteiger partial charge in [-0.15, -0.1) is 0 Å². The van der Waals surface area contributed by atoms with E-state index in [9.17, 15) is 4.79 Å². The number of pyridine rings is 1. The zero-order valence-corrected chi connectivity index (χ0v) is 14.2. The van der Waals surface area contributed by atoms with Gasteiger partial charge in [0.05, 0.1) is 40.5 Å². The first-order valence-electron chi connectivity index (χ1n) is 7.50. The average Bonchev–Trinajstić information content (AvgIpc) is 2.65. The van der Waals surface area contributed by atoms with Crippen LogP contribution in [0.15, 0.2) is 42.6 Å². The van der Waals surface area contributed by atoms with E-state index < -0.39 is 0 Å². The van der Waals surface area contributed by atoms with Gasteiger partial charge in [-0.05, 0) is 35.9 Å². The van der Waals surface area contributed by atoms with Crippen LogP contribution in [0.2, 0.25) is 5.02 Å². The zero-order chi connectivity index (χ0) is 17.8. The number of anilines is 1. The molecule has 0 amide bonds. The van der Waals surface area contributed by atoms with Crippen LogP contribution in [0.5, 0.6) is 5.75 Å². The van der Waals surface area contributed by atoms with Crippen molar-refractivity contribution in [1.82, 2.24) is 4.98 Å². The molecule has 0 fully saturated rings. The molecule has 0 aliphatic rings. The van der Waals surface area contributed by atoms with E-state index in [-0.39, 0.29) is 0 Å². The van der Waals surface area contributed by atoms with Gasteiger partial charge in [0.25, 0.3) is 0 Å². The van der Waals surface area contributed by atoms with E-state index in [1.807, 2.05) is 6.07 Å². The zero-order valence-electron chi connectivity index (χ0n) is 13.4. The molecule has 0 unspecified atom stereocenters. The lowest BCUT2D eigenvalue weighted by Gasteiger charge is -2.13. The molecule has 0 atom stereocenters. The van der Waals surface area contributed by atoms with Crippen LogP contribution in [0.25, 0.3) is 10.9 Å². The van der Waals surface area contributed by atoms with E-state index in [2.05, 4.69) is 16.4 Å². The van der Waals surface area contributed by atoms with E-state index in [1.54, 1.807) is 37.4 Å². The standard InChI is InChI=1S/C19H14ClN3O2/c1-25-18-5-3-13(7-16(18)20)9-23-19-14(11-24)10-22-17-4-2-12(8-21)6-15(17)19/h2-7,10-11H,9H2,1H3,(H,22,23). The number of halogens is 1. The van der Waals surface area contributed by atoms with Crippen LogP contribution in [-0.4, -0.2) is 18.4 Å². The smallest absolute Gasteiger partial charge is 0.153 e. The van der Waals surface area contributed by atoms with Crippen molar-refractivity contribution in [3.05, 3.63) is 64.3 Å². The summed E-state index contributed by atoms with van der Waals surface area (Å²) < 4.78 is 5.14. The van der Waals surface area contributed by atoms with Gasteiger partial charge in [-0.3, -0.25) is 9.78 Å². The van der Waals surface area contributed by atoms with Crippen molar-refractivity contribution in [2.75, 3.05) is 12.4 Å². The quantitative estimate of drug-likeness (QED) is 0.697. The van der Waals surface area contributed by atoms with Crippen LogP contribution in [0.3, 0.4) is 0 Å². The number of hydrogen-bond acceptors (Lipinski definition) is 5. The maximum absolute atomic E-state index is 11.4. The summed E-state index contributed by atoms with van der Waals surface area (Å²) >= 11 is 6.15. The number of ether oxygens (including phenoxy) is 1. The molecule has 1 N–H and O–H groups in total. The Morgan fingerprint density at radius 1 is 1.32 bits per heavy atom. The lowest BCUT2D eigenvalue weighted by atomic mass is 10.1. The number of fused-ring (bicyclic) bond motifs is 1. The summed E-state index contributed by atoms with van der Waals surface area (Å²) in [5, 5.41) is 13.6. The minimum absolute atomic E-state index is 0.433. The molecule has 124 valence electrons. The first kappa shape index (κ1) is 16.7. The topological polar surface area (TPSA) is 75.0 Å². The van der Waals surface area contributed by atoms with Gasteiger partial charge < -0.3 is 10.1 Å². The van der Waals surface area contributed by atoms with Gasteiger partial charge in [0, 0.05) is 18.1 Å². The molecule has 0 spiro atoms. The van der Waals surface area contributed by atoms with E-state index >= 15 is 0 Å². The molecule has 0 radical (unpaired) electrons. The van der Waals surface area contributed by atoms with Crippen LogP contribution < -0.4 is 10.1 Å². The Labute approximate surface area is 149 Å². The highest BCUT2D eigenvalue weighted by Gasteiger charge is 2.10. The molecule has 3 rings (SSSR count). The Bertz CT molecular complexity index is 996. The molecule has 2 aromatic carbocycles. The molecular formula is C19H14ClN3O2.